The average Bonchev–Trinajstić information content (AvgIpc) is 3.11. The van der Waals surface area contributed by atoms with Gasteiger partial charge in [0.15, 0.2) is 5.82 Å². The van der Waals surface area contributed by atoms with Crippen molar-refractivity contribution in [2.75, 3.05) is 0 Å². The van der Waals surface area contributed by atoms with Crippen molar-refractivity contribution < 1.29 is 26.0 Å². The van der Waals surface area contributed by atoms with Gasteiger partial charge >= 0.3 is 6.18 Å². The Bertz CT molecular complexity index is 1620. The van der Waals surface area contributed by atoms with E-state index in [9.17, 15) is 31.2 Å². The monoisotopic (exact) mass is 518 g/mol. The number of aromatic nitrogens is 4. The molecule has 36 heavy (non-hydrogen) atoms. The van der Waals surface area contributed by atoms with E-state index in [1.807, 2.05) is 6.07 Å². The summed E-state index contributed by atoms with van der Waals surface area (Å²) < 4.78 is 80.9. The molecule has 186 valence electrons. The first-order chi connectivity index (χ1) is 16.8. The third-order valence-corrected chi connectivity index (χ3v) is 6.97. The SMILES string of the molecule is Cc1cncc(-n2c(-c3ccc(S(=O)(=O)N[C@@H](C)C(F)(F)F)cn3)c(C#N)c3cc(F)c(C)cc32)n1. The summed E-state index contributed by atoms with van der Waals surface area (Å²) in [6, 6.07) is 4.82. The average molecular weight is 518 g/mol. The van der Waals surface area contributed by atoms with Gasteiger partial charge in [-0.15, -0.1) is 0 Å². The number of hydrogen-bond acceptors (Lipinski definition) is 6. The van der Waals surface area contributed by atoms with Crippen LogP contribution in [0.4, 0.5) is 17.6 Å². The highest BCUT2D eigenvalue weighted by Gasteiger charge is 2.39. The van der Waals surface area contributed by atoms with E-state index in [2.05, 4.69) is 15.0 Å². The van der Waals surface area contributed by atoms with Crippen LogP contribution in [0.25, 0.3) is 28.1 Å². The summed E-state index contributed by atoms with van der Waals surface area (Å²) in [4.78, 5) is 12.2. The molecule has 1 N–H and O–H groups in total. The number of fused-ring (bicyclic) bond motifs is 1. The summed E-state index contributed by atoms with van der Waals surface area (Å²) in [5.41, 5.74) is 1.69. The van der Waals surface area contributed by atoms with E-state index in [1.54, 1.807) is 29.2 Å². The molecule has 4 aromatic rings. The zero-order valence-corrected chi connectivity index (χ0v) is 19.9. The Morgan fingerprint density at radius 2 is 1.86 bits per heavy atom. The smallest absolute Gasteiger partial charge is 0.290 e. The standard InChI is InChI=1S/C23H18F4N6O2S/c1-12-6-20-16(7-18(12)24)17(8-28)22(33(20)21-11-29-9-13(2)31-21)19-5-4-15(10-30-19)36(34,35)32-14(3)23(25,26)27/h4-7,9-11,14,32H,1-3H3/t14-/m0/s1. The van der Waals surface area contributed by atoms with Gasteiger partial charge in [0.2, 0.25) is 10.0 Å². The van der Waals surface area contributed by atoms with Crippen molar-refractivity contribution in [1.82, 2.24) is 24.2 Å². The van der Waals surface area contributed by atoms with Gasteiger partial charge in [0.25, 0.3) is 0 Å². The van der Waals surface area contributed by atoms with Gasteiger partial charge in [-0.25, -0.2) is 17.8 Å². The Morgan fingerprint density at radius 1 is 1.14 bits per heavy atom. The molecule has 8 nitrogen and oxygen atoms in total. The third kappa shape index (κ3) is 4.52. The molecule has 0 aliphatic rings. The van der Waals surface area contributed by atoms with E-state index in [0.29, 0.717) is 29.5 Å². The van der Waals surface area contributed by atoms with Crippen LogP contribution in [0.15, 0.2) is 47.8 Å². The van der Waals surface area contributed by atoms with Gasteiger partial charge in [0.1, 0.15) is 22.8 Å². The van der Waals surface area contributed by atoms with E-state index < -0.39 is 33.0 Å². The number of nitrogens with one attached hydrogen (secondary N) is 1. The highest BCUT2D eigenvalue weighted by atomic mass is 32.2. The van der Waals surface area contributed by atoms with Crippen LogP contribution in [-0.4, -0.2) is 40.2 Å². The lowest BCUT2D eigenvalue weighted by atomic mass is 10.1. The molecular weight excluding hydrogens is 500 g/mol. The fraction of sp³-hybridized carbons (Fsp3) is 0.217. The van der Waals surface area contributed by atoms with Crippen LogP contribution in [0.2, 0.25) is 0 Å². The van der Waals surface area contributed by atoms with Gasteiger partial charge in [-0.3, -0.25) is 14.5 Å². The lowest BCUT2D eigenvalue weighted by Crippen LogP contribution is -2.42. The van der Waals surface area contributed by atoms with Crippen LogP contribution in [0, 0.1) is 31.0 Å². The Hall–Kier alpha value is -3.89. The van der Waals surface area contributed by atoms with Crippen LogP contribution in [0.1, 0.15) is 23.7 Å². The minimum Gasteiger partial charge on any atom is -0.290 e. The fourth-order valence-electron chi connectivity index (χ4n) is 3.61. The highest BCUT2D eigenvalue weighted by Crippen LogP contribution is 2.36. The predicted molar refractivity (Wildman–Crippen MR) is 122 cm³/mol. The zero-order valence-electron chi connectivity index (χ0n) is 19.1. The molecule has 0 spiro atoms. The Kier molecular flexibility index (Phi) is 6.27. The predicted octanol–water partition coefficient (Wildman–Crippen LogP) is 4.34. The van der Waals surface area contributed by atoms with Gasteiger partial charge < -0.3 is 0 Å². The number of nitriles is 1. The number of nitrogens with zero attached hydrogens (tertiary/aromatic N) is 5. The number of sulfonamides is 1. The topological polar surface area (TPSA) is 114 Å². The molecular formula is C23H18F4N6O2S. The number of aryl methyl sites for hydroxylation is 2. The van der Waals surface area contributed by atoms with Crippen molar-refractivity contribution in [1.29, 1.82) is 5.26 Å². The first kappa shape index (κ1) is 25.2. The summed E-state index contributed by atoms with van der Waals surface area (Å²) in [5.74, 6) is -0.223. The summed E-state index contributed by atoms with van der Waals surface area (Å²) in [7, 11) is -4.54. The summed E-state index contributed by atoms with van der Waals surface area (Å²) in [6.45, 7) is 3.96. The molecule has 0 aliphatic carbocycles. The summed E-state index contributed by atoms with van der Waals surface area (Å²) in [5, 5.41) is 10.2. The maximum atomic E-state index is 14.4. The van der Waals surface area contributed by atoms with Gasteiger partial charge in [-0.05, 0) is 50.6 Å². The summed E-state index contributed by atoms with van der Waals surface area (Å²) >= 11 is 0. The second kappa shape index (κ2) is 8.96. The van der Waals surface area contributed by atoms with E-state index in [-0.39, 0.29) is 22.3 Å². The maximum absolute atomic E-state index is 14.4. The molecule has 1 aromatic carbocycles. The Balaban J connectivity index is 1.92. The molecule has 0 bridgehead atoms. The largest absolute Gasteiger partial charge is 0.404 e. The van der Waals surface area contributed by atoms with Crippen molar-refractivity contribution in [3.8, 4) is 23.3 Å². The molecule has 0 saturated heterocycles. The molecule has 3 heterocycles. The lowest BCUT2D eigenvalue weighted by molar-refractivity contribution is -0.147. The van der Waals surface area contributed by atoms with Crippen molar-refractivity contribution >= 4 is 20.9 Å². The minimum atomic E-state index is -4.77. The lowest BCUT2D eigenvalue weighted by Gasteiger charge is -2.17. The van der Waals surface area contributed by atoms with E-state index >= 15 is 0 Å². The molecule has 3 aromatic heterocycles. The van der Waals surface area contributed by atoms with Crippen molar-refractivity contribution in [3.05, 3.63) is 65.5 Å². The van der Waals surface area contributed by atoms with E-state index in [1.165, 1.54) is 24.5 Å². The van der Waals surface area contributed by atoms with E-state index in [4.69, 9.17) is 0 Å². The summed E-state index contributed by atoms with van der Waals surface area (Å²) in [6.07, 6.45) is -0.919. The van der Waals surface area contributed by atoms with Crippen LogP contribution in [-0.2, 0) is 10.0 Å². The molecule has 1 atom stereocenters. The minimum absolute atomic E-state index is 0.0548. The number of alkyl halides is 3. The van der Waals surface area contributed by atoms with Crippen molar-refractivity contribution in [2.24, 2.45) is 0 Å². The van der Waals surface area contributed by atoms with E-state index in [0.717, 1.165) is 12.3 Å². The van der Waals surface area contributed by atoms with Gasteiger partial charge in [0.05, 0.1) is 34.4 Å². The number of benzene rings is 1. The molecule has 0 amide bonds. The number of hydrogen-bond donors (Lipinski definition) is 1. The fourth-order valence-corrected chi connectivity index (χ4v) is 4.78. The second-order valence-corrected chi connectivity index (χ2v) is 9.79. The molecule has 0 radical (unpaired) electrons. The first-order valence-electron chi connectivity index (χ1n) is 10.4. The van der Waals surface area contributed by atoms with Gasteiger partial charge in [-0.1, -0.05) is 0 Å². The number of halogens is 4. The number of rotatable bonds is 5. The molecule has 13 heteroatoms. The molecule has 0 fully saturated rings. The zero-order chi connectivity index (χ0) is 26.4. The van der Waals surface area contributed by atoms with Gasteiger partial charge in [0, 0.05) is 17.8 Å². The Morgan fingerprint density at radius 3 is 2.44 bits per heavy atom. The maximum Gasteiger partial charge on any atom is 0.404 e. The van der Waals surface area contributed by atoms with Crippen LogP contribution in [0.3, 0.4) is 0 Å². The molecule has 0 unspecified atom stereocenters. The van der Waals surface area contributed by atoms with Crippen LogP contribution in [0.5, 0.6) is 0 Å². The second-order valence-electron chi connectivity index (χ2n) is 8.07. The third-order valence-electron chi connectivity index (χ3n) is 5.44. The van der Waals surface area contributed by atoms with Crippen molar-refractivity contribution in [2.45, 2.75) is 37.9 Å². The molecule has 0 aliphatic heterocycles. The number of pyridine rings is 1. The Labute approximate surface area is 203 Å². The molecule has 0 saturated carbocycles. The first-order valence-corrected chi connectivity index (χ1v) is 11.9. The normalized spacial score (nSPS) is 13.1. The highest BCUT2D eigenvalue weighted by molar-refractivity contribution is 7.89. The van der Waals surface area contributed by atoms with Crippen LogP contribution >= 0.6 is 0 Å². The van der Waals surface area contributed by atoms with Crippen molar-refractivity contribution in [3.63, 3.8) is 0 Å². The van der Waals surface area contributed by atoms with Crippen LogP contribution < -0.4 is 4.72 Å². The quantitative estimate of drug-likeness (QED) is 0.393. The molecule has 4 rings (SSSR count). The van der Waals surface area contributed by atoms with Gasteiger partial charge in [-0.2, -0.15) is 23.2 Å².